The molecule has 4 heteroatoms. The standard InChI is InChI=1S/C26H35NO3/c1-19(2)27(20(3)4)18-15-23(26(16-17-26)25(28)29)30-24(21-11-7-5-8-12-21)22-13-9-6-10-14-22/h5-14,19-20,23-24H,15-18H2,1-4H3,(H,28,29). The highest BCUT2D eigenvalue weighted by atomic mass is 16.5. The van der Waals surface area contributed by atoms with Crippen LogP contribution >= 0.6 is 0 Å². The molecule has 1 fully saturated rings. The van der Waals surface area contributed by atoms with Gasteiger partial charge in [-0.1, -0.05) is 60.7 Å². The predicted octanol–water partition coefficient (Wildman–Crippen LogP) is 5.53. The molecule has 162 valence electrons. The SMILES string of the molecule is CC(C)N(CCC(OC(c1ccccc1)c1ccccc1)C1(C(=O)O)CC1)C(C)C. The Morgan fingerprint density at radius 3 is 1.77 bits per heavy atom. The summed E-state index contributed by atoms with van der Waals surface area (Å²) in [6, 6.07) is 21.1. The molecular formula is C26H35NO3. The summed E-state index contributed by atoms with van der Waals surface area (Å²) in [6.45, 7) is 9.59. The lowest BCUT2D eigenvalue weighted by atomic mass is 9.94. The summed E-state index contributed by atoms with van der Waals surface area (Å²) in [5, 5.41) is 10.0. The Morgan fingerprint density at radius 2 is 1.40 bits per heavy atom. The molecular weight excluding hydrogens is 374 g/mol. The Morgan fingerprint density at radius 1 is 0.933 bits per heavy atom. The second kappa shape index (κ2) is 9.76. The van der Waals surface area contributed by atoms with E-state index in [4.69, 9.17) is 4.74 Å². The van der Waals surface area contributed by atoms with E-state index in [-0.39, 0.29) is 12.2 Å². The van der Waals surface area contributed by atoms with Crippen molar-refractivity contribution in [3.8, 4) is 0 Å². The Balaban J connectivity index is 1.89. The maximum absolute atomic E-state index is 12.2. The molecule has 0 bridgehead atoms. The van der Waals surface area contributed by atoms with Crippen molar-refractivity contribution in [2.45, 2.75) is 71.2 Å². The van der Waals surface area contributed by atoms with Crippen LogP contribution < -0.4 is 0 Å². The van der Waals surface area contributed by atoms with Crippen molar-refractivity contribution >= 4 is 5.97 Å². The minimum absolute atomic E-state index is 0.277. The van der Waals surface area contributed by atoms with Crippen molar-refractivity contribution in [2.75, 3.05) is 6.54 Å². The first-order valence-corrected chi connectivity index (χ1v) is 11.1. The zero-order chi connectivity index (χ0) is 21.7. The maximum atomic E-state index is 12.2. The molecule has 0 saturated heterocycles. The van der Waals surface area contributed by atoms with Gasteiger partial charge in [0.25, 0.3) is 0 Å². The van der Waals surface area contributed by atoms with Gasteiger partial charge in [-0.3, -0.25) is 9.69 Å². The van der Waals surface area contributed by atoms with Crippen LogP contribution in [0.5, 0.6) is 0 Å². The fourth-order valence-electron chi connectivity index (χ4n) is 4.43. The number of benzene rings is 2. The summed E-state index contributed by atoms with van der Waals surface area (Å²) in [5.41, 5.74) is 1.35. The number of aliphatic carboxylic acids is 1. The quantitative estimate of drug-likeness (QED) is 0.530. The van der Waals surface area contributed by atoms with Gasteiger partial charge in [-0.2, -0.15) is 0 Å². The van der Waals surface area contributed by atoms with Crippen LogP contribution in [0.25, 0.3) is 0 Å². The lowest BCUT2D eigenvalue weighted by molar-refractivity contribution is -0.153. The van der Waals surface area contributed by atoms with Gasteiger partial charge in [0.15, 0.2) is 0 Å². The van der Waals surface area contributed by atoms with E-state index in [1.807, 2.05) is 36.4 Å². The fraction of sp³-hybridized carbons (Fsp3) is 0.500. The number of carboxylic acid groups (broad SMARTS) is 1. The summed E-state index contributed by atoms with van der Waals surface area (Å²) in [4.78, 5) is 14.6. The number of carboxylic acids is 1. The van der Waals surface area contributed by atoms with Crippen LogP contribution in [0.2, 0.25) is 0 Å². The van der Waals surface area contributed by atoms with E-state index in [0.29, 0.717) is 31.3 Å². The highest BCUT2D eigenvalue weighted by Gasteiger charge is 2.57. The molecule has 0 radical (unpaired) electrons. The van der Waals surface area contributed by atoms with Crippen LogP contribution in [0.4, 0.5) is 0 Å². The number of ether oxygens (including phenoxy) is 1. The maximum Gasteiger partial charge on any atom is 0.312 e. The minimum atomic E-state index is -0.762. The average Bonchev–Trinajstić information content (AvgIpc) is 3.53. The second-order valence-corrected chi connectivity index (χ2v) is 9.00. The lowest BCUT2D eigenvalue weighted by Gasteiger charge is -2.35. The van der Waals surface area contributed by atoms with Crippen LogP contribution in [0.15, 0.2) is 60.7 Å². The third-order valence-electron chi connectivity index (χ3n) is 6.31. The Bertz CT molecular complexity index is 752. The van der Waals surface area contributed by atoms with E-state index < -0.39 is 11.4 Å². The minimum Gasteiger partial charge on any atom is -0.481 e. The average molecular weight is 410 g/mol. The van der Waals surface area contributed by atoms with Crippen LogP contribution in [0.1, 0.15) is 64.2 Å². The lowest BCUT2D eigenvalue weighted by Crippen LogP contribution is -2.42. The molecule has 2 aromatic carbocycles. The van der Waals surface area contributed by atoms with Gasteiger partial charge in [0.1, 0.15) is 6.10 Å². The number of rotatable bonds is 11. The van der Waals surface area contributed by atoms with Crippen molar-refractivity contribution in [2.24, 2.45) is 5.41 Å². The summed E-state index contributed by atoms with van der Waals surface area (Å²) in [6.07, 6.45) is 1.47. The fourth-order valence-corrected chi connectivity index (χ4v) is 4.43. The van der Waals surface area contributed by atoms with E-state index in [2.05, 4.69) is 56.9 Å². The highest BCUT2D eigenvalue weighted by molar-refractivity contribution is 5.78. The Hall–Kier alpha value is -2.17. The van der Waals surface area contributed by atoms with Gasteiger partial charge in [-0.15, -0.1) is 0 Å². The van der Waals surface area contributed by atoms with E-state index in [0.717, 1.165) is 17.7 Å². The first kappa shape index (κ1) is 22.5. The summed E-state index contributed by atoms with van der Waals surface area (Å²) in [7, 11) is 0. The van der Waals surface area contributed by atoms with Gasteiger partial charge < -0.3 is 9.84 Å². The molecule has 2 aromatic rings. The third-order valence-corrected chi connectivity index (χ3v) is 6.31. The van der Waals surface area contributed by atoms with Crippen molar-refractivity contribution in [3.05, 3.63) is 71.8 Å². The van der Waals surface area contributed by atoms with Crippen molar-refractivity contribution in [1.29, 1.82) is 0 Å². The molecule has 3 rings (SSSR count). The summed E-state index contributed by atoms with van der Waals surface area (Å²) in [5.74, 6) is -0.729. The number of carbonyl (C=O) groups is 1. The van der Waals surface area contributed by atoms with Gasteiger partial charge in [-0.05, 0) is 58.1 Å². The molecule has 1 aliphatic carbocycles. The number of hydrogen-bond acceptors (Lipinski definition) is 3. The molecule has 1 atom stereocenters. The van der Waals surface area contributed by atoms with Gasteiger partial charge >= 0.3 is 5.97 Å². The summed E-state index contributed by atoms with van der Waals surface area (Å²) < 4.78 is 6.71. The number of nitrogens with zero attached hydrogens (tertiary/aromatic N) is 1. The molecule has 0 heterocycles. The van der Waals surface area contributed by atoms with Crippen molar-refractivity contribution in [1.82, 2.24) is 4.90 Å². The smallest absolute Gasteiger partial charge is 0.312 e. The molecule has 1 aliphatic rings. The largest absolute Gasteiger partial charge is 0.481 e. The van der Waals surface area contributed by atoms with Gasteiger partial charge in [-0.25, -0.2) is 0 Å². The van der Waals surface area contributed by atoms with Gasteiger partial charge in [0, 0.05) is 18.6 Å². The van der Waals surface area contributed by atoms with Crippen molar-refractivity contribution < 1.29 is 14.6 Å². The van der Waals surface area contributed by atoms with Crippen LogP contribution in [-0.2, 0) is 9.53 Å². The topological polar surface area (TPSA) is 49.8 Å². The van der Waals surface area contributed by atoms with E-state index in [1.54, 1.807) is 0 Å². The van der Waals surface area contributed by atoms with Gasteiger partial charge in [0.2, 0.25) is 0 Å². The zero-order valence-corrected chi connectivity index (χ0v) is 18.6. The predicted molar refractivity (Wildman–Crippen MR) is 120 cm³/mol. The van der Waals surface area contributed by atoms with Gasteiger partial charge in [0.05, 0.1) is 11.5 Å². The molecule has 0 spiro atoms. The summed E-state index contributed by atoms with van der Waals surface area (Å²) >= 11 is 0. The second-order valence-electron chi connectivity index (χ2n) is 9.00. The first-order valence-electron chi connectivity index (χ1n) is 11.1. The van der Waals surface area contributed by atoms with Crippen LogP contribution in [-0.4, -0.2) is 40.7 Å². The monoisotopic (exact) mass is 409 g/mol. The third kappa shape index (κ3) is 5.11. The zero-order valence-electron chi connectivity index (χ0n) is 18.6. The van der Waals surface area contributed by atoms with Crippen LogP contribution in [0, 0.1) is 5.41 Å². The molecule has 4 nitrogen and oxygen atoms in total. The van der Waals surface area contributed by atoms with E-state index in [1.165, 1.54) is 0 Å². The molecule has 0 aromatic heterocycles. The Kier molecular flexibility index (Phi) is 7.32. The highest BCUT2D eigenvalue weighted by Crippen LogP contribution is 2.52. The molecule has 1 saturated carbocycles. The molecule has 0 aliphatic heterocycles. The molecule has 1 unspecified atom stereocenters. The first-order chi connectivity index (χ1) is 14.3. The van der Waals surface area contributed by atoms with E-state index >= 15 is 0 Å². The number of hydrogen-bond donors (Lipinski definition) is 1. The van der Waals surface area contributed by atoms with Crippen LogP contribution in [0.3, 0.4) is 0 Å². The molecule has 1 N–H and O–H groups in total. The molecule has 0 amide bonds. The van der Waals surface area contributed by atoms with Crippen molar-refractivity contribution in [3.63, 3.8) is 0 Å². The molecule has 30 heavy (non-hydrogen) atoms. The normalized spacial score (nSPS) is 16.4. The van der Waals surface area contributed by atoms with E-state index in [9.17, 15) is 9.90 Å². The Labute approximate surface area is 180 Å².